The third-order valence-corrected chi connectivity index (χ3v) is 5.08. The maximum absolute atomic E-state index is 13.3. The molecular formula is C22H24FN3O6. The van der Waals surface area contributed by atoms with Crippen LogP contribution in [0.25, 0.3) is 0 Å². The van der Waals surface area contributed by atoms with E-state index in [4.69, 9.17) is 9.47 Å². The maximum Gasteiger partial charge on any atom is 0.339 e. The fourth-order valence-corrected chi connectivity index (χ4v) is 3.44. The second kappa shape index (κ2) is 10.2. The summed E-state index contributed by atoms with van der Waals surface area (Å²) in [4.78, 5) is 39.3. The molecule has 10 heteroatoms. The number of halogens is 1. The Kier molecular flexibility index (Phi) is 7.37. The van der Waals surface area contributed by atoms with Gasteiger partial charge in [0, 0.05) is 32.7 Å². The third-order valence-electron chi connectivity index (χ3n) is 5.08. The topological polar surface area (TPSA) is 102 Å². The minimum absolute atomic E-state index is 0.0267. The van der Waals surface area contributed by atoms with Crippen molar-refractivity contribution < 1.29 is 28.4 Å². The van der Waals surface area contributed by atoms with Gasteiger partial charge >= 0.3 is 5.97 Å². The van der Waals surface area contributed by atoms with Gasteiger partial charge in [0.15, 0.2) is 6.10 Å². The molecule has 0 radical (unpaired) electrons. The minimum atomic E-state index is -1.13. The lowest BCUT2D eigenvalue weighted by Gasteiger charge is -2.28. The number of morpholine rings is 1. The van der Waals surface area contributed by atoms with Gasteiger partial charge < -0.3 is 19.3 Å². The highest BCUT2D eigenvalue weighted by Crippen LogP contribution is 2.30. The molecule has 0 N–H and O–H groups in total. The Balaban J connectivity index is 1.68. The Morgan fingerprint density at radius 1 is 1.25 bits per heavy atom. The van der Waals surface area contributed by atoms with E-state index in [0.29, 0.717) is 37.6 Å². The number of anilines is 1. The number of esters is 1. The molecule has 2 aromatic carbocycles. The van der Waals surface area contributed by atoms with Crippen LogP contribution in [0.5, 0.6) is 0 Å². The summed E-state index contributed by atoms with van der Waals surface area (Å²) in [5.74, 6) is -1.74. The highest BCUT2D eigenvalue weighted by molar-refractivity contribution is 5.93. The number of amides is 1. The van der Waals surface area contributed by atoms with Crippen molar-refractivity contribution in [3.05, 3.63) is 69.5 Å². The molecule has 1 atom stereocenters. The van der Waals surface area contributed by atoms with Gasteiger partial charge in [0.1, 0.15) is 11.5 Å². The number of hydrogen-bond donors (Lipinski definition) is 0. The molecule has 0 aromatic heterocycles. The summed E-state index contributed by atoms with van der Waals surface area (Å²) in [5, 5.41) is 11.6. The van der Waals surface area contributed by atoms with Gasteiger partial charge in [0.2, 0.25) is 0 Å². The van der Waals surface area contributed by atoms with Gasteiger partial charge in [-0.3, -0.25) is 14.9 Å². The summed E-state index contributed by atoms with van der Waals surface area (Å²) >= 11 is 0. The van der Waals surface area contributed by atoms with Crippen LogP contribution in [-0.2, 0) is 20.8 Å². The molecule has 1 heterocycles. The molecule has 1 amide bonds. The molecule has 0 spiro atoms. The number of benzene rings is 2. The molecule has 1 fully saturated rings. The van der Waals surface area contributed by atoms with E-state index in [9.17, 15) is 24.1 Å². The number of carbonyl (C=O) groups excluding carboxylic acids is 2. The molecule has 170 valence electrons. The SMILES string of the molecule is CC(OC(=O)c1ccc(N2CCOCC2)c([N+](=O)[O-])c1)C(=O)N(C)Cc1cccc(F)c1. The van der Waals surface area contributed by atoms with E-state index < -0.39 is 28.7 Å². The first-order valence-electron chi connectivity index (χ1n) is 10.1. The van der Waals surface area contributed by atoms with Gasteiger partial charge in [0.25, 0.3) is 11.6 Å². The first-order chi connectivity index (χ1) is 15.3. The predicted octanol–water partition coefficient (Wildman–Crippen LogP) is 2.77. The number of ether oxygens (including phenoxy) is 2. The van der Waals surface area contributed by atoms with Gasteiger partial charge in [-0.1, -0.05) is 12.1 Å². The summed E-state index contributed by atoms with van der Waals surface area (Å²) in [5.41, 5.74) is 0.743. The highest BCUT2D eigenvalue weighted by Gasteiger charge is 2.26. The van der Waals surface area contributed by atoms with Crippen molar-refractivity contribution in [2.24, 2.45) is 0 Å². The Hall–Kier alpha value is -3.53. The first kappa shape index (κ1) is 23.1. The normalized spacial score (nSPS) is 14.5. The second-order valence-corrected chi connectivity index (χ2v) is 7.43. The first-order valence-corrected chi connectivity index (χ1v) is 10.1. The number of rotatable bonds is 7. The van der Waals surface area contributed by atoms with Crippen LogP contribution in [0.4, 0.5) is 15.8 Å². The molecule has 0 aliphatic carbocycles. The van der Waals surface area contributed by atoms with Crippen molar-refractivity contribution in [3.63, 3.8) is 0 Å². The van der Waals surface area contributed by atoms with Gasteiger partial charge in [0.05, 0.1) is 23.7 Å². The van der Waals surface area contributed by atoms with Gasteiger partial charge in [-0.2, -0.15) is 0 Å². The minimum Gasteiger partial charge on any atom is -0.449 e. The molecule has 3 rings (SSSR count). The average molecular weight is 445 g/mol. The lowest BCUT2D eigenvalue weighted by molar-refractivity contribution is -0.384. The van der Waals surface area contributed by atoms with Gasteiger partial charge in [-0.05, 0) is 36.8 Å². The van der Waals surface area contributed by atoms with Crippen molar-refractivity contribution in [1.29, 1.82) is 0 Å². The average Bonchev–Trinajstić information content (AvgIpc) is 2.78. The molecule has 1 aliphatic rings. The van der Waals surface area contributed by atoms with E-state index in [1.54, 1.807) is 12.1 Å². The zero-order valence-corrected chi connectivity index (χ0v) is 17.8. The van der Waals surface area contributed by atoms with E-state index in [1.807, 2.05) is 4.90 Å². The van der Waals surface area contributed by atoms with E-state index in [1.165, 1.54) is 43.1 Å². The largest absolute Gasteiger partial charge is 0.449 e. The smallest absolute Gasteiger partial charge is 0.339 e. The van der Waals surface area contributed by atoms with Crippen LogP contribution in [0, 0.1) is 15.9 Å². The molecule has 0 saturated carbocycles. The van der Waals surface area contributed by atoms with Gasteiger partial charge in [-0.25, -0.2) is 9.18 Å². The molecule has 0 bridgehead atoms. The molecule has 2 aromatic rings. The van der Waals surface area contributed by atoms with E-state index >= 15 is 0 Å². The Morgan fingerprint density at radius 2 is 1.97 bits per heavy atom. The van der Waals surface area contributed by atoms with Crippen molar-refractivity contribution >= 4 is 23.3 Å². The Labute approximate surface area is 184 Å². The molecule has 32 heavy (non-hydrogen) atoms. The van der Waals surface area contributed by atoms with E-state index in [-0.39, 0.29) is 17.8 Å². The van der Waals surface area contributed by atoms with Crippen LogP contribution in [-0.4, -0.2) is 61.2 Å². The fourth-order valence-electron chi connectivity index (χ4n) is 3.44. The number of nitro groups is 1. The predicted molar refractivity (Wildman–Crippen MR) is 114 cm³/mol. The van der Waals surface area contributed by atoms with E-state index in [0.717, 1.165) is 6.07 Å². The number of hydrogen-bond acceptors (Lipinski definition) is 7. The van der Waals surface area contributed by atoms with Gasteiger partial charge in [-0.15, -0.1) is 0 Å². The molecule has 9 nitrogen and oxygen atoms in total. The summed E-state index contributed by atoms with van der Waals surface area (Å²) < 4.78 is 23.9. The molecular weight excluding hydrogens is 421 g/mol. The van der Waals surface area contributed by atoms with E-state index in [2.05, 4.69) is 0 Å². The van der Waals surface area contributed by atoms with Crippen molar-refractivity contribution in [1.82, 2.24) is 4.90 Å². The summed E-state index contributed by atoms with van der Waals surface area (Å²) in [6, 6.07) is 9.94. The summed E-state index contributed by atoms with van der Waals surface area (Å²) in [7, 11) is 1.51. The zero-order chi connectivity index (χ0) is 23.3. The van der Waals surface area contributed by atoms with Crippen molar-refractivity contribution in [2.45, 2.75) is 19.6 Å². The lowest BCUT2D eigenvalue weighted by Crippen LogP contribution is -2.37. The quantitative estimate of drug-likeness (QED) is 0.367. The number of nitro benzene ring substituents is 1. The highest BCUT2D eigenvalue weighted by atomic mass is 19.1. The zero-order valence-electron chi connectivity index (χ0n) is 17.8. The Bertz CT molecular complexity index is 1010. The van der Waals surface area contributed by atoms with Crippen molar-refractivity contribution in [2.75, 3.05) is 38.3 Å². The molecule has 1 saturated heterocycles. The third kappa shape index (κ3) is 5.58. The summed E-state index contributed by atoms with van der Waals surface area (Å²) in [6.45, 7) is 3.49. The van der Waals surface area contributed by atoms with Crippen LogP contribution >= 0.6 is 0 Å². The fraction of sp³-hybridized carbons (Fsp3) is 0.364. The summed E-state index contributed by atoms with van der Waals surface area (Å²) in [6.07, 6.45) is -1.13. The second-order valence-electron chi connectivity index (χ2n) is 7.43. The monoisotopic (exact) mass is 445 g/mol. The van der Waals surface area contributed by atoms with Crippen LogP contribution in [0.2, 0.25) is 0 Å². The molecule has 1 unspecified atom stereocenters. The van der Waals surface area contributed by atoms with Crippen LogP contribution < -0.4 is 4.90 Å². The number of likely N-dealkylation sites (N-methyl/N-ethyl adjacent to an activating group) is 1. The lowest BCUT2D eigenvalue weighted by atomic mass is 10.1. The number of nitrogens with zero attached hydrogens (tertiary/aromatic N) is 3. The maximum atomic E-state index is 13.3. The standard InChI is InChI=1S/C22H24FN3O6/c1-15(21(27)24(2)14-16-4-3-5-18(23)12-16)32-22(28)17-6-7-19(20(13-17)26(29)30)25-8-10-31-11-9-25/h3-7,12-13,15H,8-11,14H2,1-2H3. The number of carbonyl (C=O) groups is 2. The van der Waals surface area contributed by atoms with Crippen LogP contribution in [0.1, 0.15) is 22.8 Å². The van der Waals surface area contributed by atoms with Crippen LogP contribution in [0.15, 0.2) is 42.5 Å². The van der Waals surface area contributed by atoms with Crippen LogP contribution in [0.3, 0.4) is 0 Å². The Morgan fingerprint density at radius 3 is 2.62 bits per heavy atom. The molecule has 1 aliphatic heterocycles. The van der Waals surface area contributed by atoms with Crippen molar-refractivity contribution in [3.8, 4) is 0 Å².